The molecule has 4 heteroatoms. The van der Waals surface area contributed by atoms with Gasteiger partial charge in [0.25, 0.3) is 0 Å². The maximum atomic E-state index is 11.9. The lowest BCUT2D eigenvalue weighted by molar-refractivity contribution is -0.122. The maximum Gasteiger partial charge on any atom is 0.237 e. The van der Waals surface area contributed by atoms with Crippen molar-refractivity contribution in [3.63, 3.8) is 0 Å². The second-order valence-electron chi connectivity index (χ2n) is 5.29. The number of amides is 1. The fourth-order valence-corrected chi connectivity index (χ4v) is 1.99. The fourth-order valence-electron chi connectivity index (χ4n) is 1.99. The van der Waals surface area contributed by atoms with Gasteiger partial charge in [0.05, 0.1) is 12.6 Å². The molecule has 0 radical (unpaired) electrons. The number of hydrogen-bond acceptors (Lipinski definition) is 3. The molecule has 1 unspecified atom stereocenters. The number of benzene rings is 1. The normalized spacial score (nSPS) is 15.9. The van der Waals surface area contributed by atoms with Gasteiger partial charge in [-0.25, -0.2) is 0 Å². The molecule has 4 nitrogen and oxygen atoms in total. The highest BCUT2D eigenvalue weighted by Gasteiger charge is 2.25. The summed E-state index contributed by atoms with van der Waals surface area (Å²) in [6.45, 7) is 5.91. The molecular weight excluding hydrogens is 252 g/mol. The van der Waals surface area contributed by atoms with Gasteiger partial charge in [0, 0.05) is 19.2 Å². The minimum atomic E-state index is -0.171. The van der Waals surface area contributed by atoms with Gasteiger partial charge in [-0.1, -0.05) is 24.3 Å². The summed E-state index contributed by atoms with van der Waals surface area (Å²) >= 11 is 0. The van der Waals surface area contributed by atoms with Crippen molar-refractivity contribution < 1.29 is 9.53 Å². The van der Waals surface area contributed by atoms with Crippen LogP contribution in [0.25, 0.3) is 0 Å². The van der Waals surface area contributed by atoms with Crippen molar-refractivity contribution in [3.05, 3.63) is 35.4 Å². The highest BCUT2D eigenvalue weighted by molar-refractivity contribution is 5.81. The number of ether oxygens (including phenoxy) is 1. The van der Waals surface area contributed by atoms with E-state index in [-0.39, 0.29) is 11.9 Å². The minimum absolute atomic E-state index is 0.0924. The van der Waals surface area contributed by atoms with E-state index in [1.807, 2.05) is 26.0 Å². The van der Waals surface area contributed by atoms with Crippen LogP contribution in [-0.2, 0) is 22.7 Å². The lowest BCUT2D eigenvalue weighted by Gasteiger charge is -2.15. The average molecular weight is 276 g/mol. The Hall–Kier alpha value is -1.39. The van der Waals surface area contributed by atoms with Gasteiger partial charge in [0.2, 0.25) is 5.91 Å². The van der Waals surface area contributed by atoms with E-state index in [4.69, 9.17) is 4.74 Å². The third-order valence-electron chi connectivity index (χ3n) is 3.50. The van der Waals surface area contributed by atoms with E-state index in [1.54, 1.807) is 0 Å². The zero-order chi connectivity index (χ0) is 14.4. The van der Waals surface area contributed by atoms with E-state index in [2.05, 4.69) is 22.8 Å². The number of nitrogens with one attached hydrogen (secondary N) is 2. The predicted molar refractivity (Wildman–Crippen MR) is 79.2 cm³/mol. The van der Waals surface area contributed by atoms with E-state index in [0.29, 0.717) is 25.8 Å². The monoisotopic (exact) mass is 276 g/mol. The molecule has 0 aromatic heterocycles. The number of hydrogen-bond donors (Lipinski definition) is 2. The first-order valence-electron chi connectivity index (χ1n) is 7.39. The first-order valence-corrected chi connectivity index (χ1v) is 7.39. The third kappa shape index (κ3) is 4.62. The molecule has 1 aromatic carbocycles. The summed E-state index contributed by atoms with van der Waals surface area (Å²) in [5, 5.41) is 6.29. The Morgan fingerprint density at radius 1 is 1.35 bits per heavy atom. The summed E-state index contributed by atoms with van der Waals surface area (Å²) in [6.07, 6.45) is 2.24. The third-order valence-corrected chi connectivity index (χ3v) is 3.50. The van der Waals surface area contributed by atoms with Gasteiger partial charge in [-0.15, -0.1) is 0 Å². The van der Waals surface area contributed by atoms with Crippen LogP contribution in [0.15, 0.2) is 24.3 Å². The number of carbonyl (C=O) groups excluding carboxylic acids is 1. The molecule has 1 amide bonds. The Bertz CT molecular complexity index is 444. The highest BCUT2D eigenvalue weighted by Crippen LogP contribution is 2.18. The lowest BCUT2D eigenvalue weighted by atomic mass is 10.1. The second-order valence-corrected chi connectivity index (χ2v) is 5.29. The molecule has 1 saturated carbocycles. The van der Waals surface area contributed by atoms with Crippen molar-refractivity contribution in [2.24, 2.45) is 0 Å². The molecule has 1 aromatic rings. The summed E-state index contributed by atoms with van der Waals surface area (Å²) < 4.78 is 5.47. The highest BCUT2D eigenvalue weighted by atomic mass is 16.5. The first-order chi connectivity index (χ1) is 9.70. The molecule has 20 heavy (non-hydrogen) atoms. The van der Waals surface area contributed by atoms with Crippen molar-refractivity contribution >= 4 is 5.91 Å². The van der Waals surface area contributed by atoms with E-state index >= 15 is 0 Å². The molecule has 110 valence electrons. The Morgan fingerprint density at radius 2 is 2.05 bits per heavy atom. The topological polar surface area (TPSA) is 50.4 Å². The fraction of sp³-hybridized carbons (Fsp3) is 0.562. The van der Waals surface area contributed by atoms with E-state index in [1.165, 1.54) is 11.1 Å². The number of carbonyl (C=O) groups is 1. The van der Waals surface area contributed by atoms with Gasteiger partial charge in [-0.3, -0.25) is 4.79 Å². The van der Waals surface area contributed by atoms with Gasteiger partial charge in [0.1, 0.15) is 0 Å². The van der Waals surface area contributed by atoms with Crippen molar-refractivity contribution in [2.75, 3.05) is 6.61 Å². The Labute approximate surface area is 120 Å². The molecular formula is C16H24N2O2. The van der Waals surface area contributed by atoms with Gasteiger partial charge in [-0.2, -0.15) is 0 Å². The zero-order valence-corrected chi connectivity index (χ0v) is 12.3. The van der Waals surface area contributed by atoms with Crippen molar-refractivity contribution in [1.29, 1.82) is 0 Å². The van der Waals surface area contributed by atoms with Crippen LogP contribution in [0.2, 0.25) is 0 Å². The van der Waals surface area contributed by atoms with Crippen LogP contribution in [0.1, 0.15) is 37.8 Å². The lowest BCUT2D eigenvalue weighted by Crippen LogP contribution is -2.42. The molecule has 1 atom stereocenters. The molecule has 1 fully saturated rings. The summed E-state index contributed by atoms with van der Waals surface area (Å²) in [4.78, 5) is 11.9. The van der Waals surface area contributed by atoms with Crippen LogP contribution in [0, 0.1) is 0 Å². The summed E-state index contributed by atoms with van der Waals surface area (Å²) in [5.74, 6) is 0.0924. The molecule has 0 spiro atoms. The zero-order valence-electron chi connectivity index (χ0n) is 12.3. The standard InChI is InChI=1S/C16H24N2O2/c1-3-20-11-14-7-5-4-6-13(14)10-17-12(2)16(19)18-15-8-9-15/h4-7,12,15,17H,3,8-11H2,1-2H3,(H,18,19). The van der Waals surface area contributed by atoms with Crippen LogP contribution < -0.4 is 10.6 Å². The average Bonchev–Trinajstić information content (AvgIpc) is 3.27. The molecule has 0 bridgehead atoms. The van der Waals surface area contributed by atoms with Gasteiger partial charge >= 0.3 is 0 Å². The number of rotatable bonds is 8. The molecule has 2 rings (SSSR count). The summed E-state index contributed by atoms with van der Waals surface area (Å²) in [7, 11) is 0. The molecule has 0 saturated heterocycles. The van der Waals surface area contributed by atoms with Crippen molar-refractivity contribution in [2.45, 2.75) is 51.9 Å². The van der Waals surface area contributed by atoms with Gasteiger partial charge in [0.15, 0.2) is 0 Å². The SMILES string of the molecule is CCOCc1ccccc1CNC(C)C(=O)NC1CC1. The van der Waals surface area contributed by atoms with Crippen LogP contribution in [-0.4, -0.2) is 24.6 Å². The van der Waals surface area contributed by atoms with Crippen molar-refractivity contribution in [1.82, 2.24) is 10.6 Å². The smallest absolute Gasteiger partial charge is 0.237 e. The van der Waals surface area contributed by atoms with Crippen LogP contribution in [0.5, 0.6) is 0 Å². The molecule has 1 aliphatic rings. The first kappa shape index (κ1) is 15.0. The van der Waals surface area contributed by atoms with Crippen molar-refractivity contribution in [3.8, 4) is 0 Å². The largest absolute Gasteiger partial charge is 0.377 e. The van der Waals surface area contributed by atoms with Gasteiger partial charge < -0.3 is 15.4 Å². The molecule has 0 heterocycles. The van der Waals surface area contributed by atoms with Crippen LogP contribution >= 0.6 is 0 Å². The molecule has 1 aliphatic carbocycles. The van der Waals surface area contributed by atoms with Gasteiger partial charge in [-0.05, 0) is 37.8 Å². The minimum Gasteiger partial charge on any atom is -0.377 e. The maximum absolute atomic E-state index is 11.9. The molecule has 0 aliphatic heterocycles. The Balaban J connectivity index is 1.84. The Kier molecular flexibility index (Phi) is 5.56. The quantitative estimate of drug-likeness (QED) is 0.763. The van der Waals surface area contributed by atoms with E-state index in [9.17, 15) is 4.79 Å². The van der Waals surface area contributed by atoms with E-state index < -0.39 is 0 Å². The van der Waals surface area contributed by atoms with Crippen LogP contribution in [0.4, 0.5) is 0 Å². The van der Waals surface area contributed by atoms with E-state index in [0.717, 1.165) is 12.8 Å². The Morgan fingerprint density at radius 3 is 2.70 bits per heavy atom. The second kappa shape index (κ2) is 7.41. The summed E-state index contributed by atoms with van der Waals surface area (Å²) in [5.41, 5.74) is 2.36. The summed E-state index contributed by atoms with van der Waals surface area (Å²) in [6, 6.07) is 8.42. The predicted octanol–water partition coefficient (Wildman–Crippen LogP) is 1.98. The molecule has 2 N–H and O–H groups in total. The van der Waals surface area contributed by atoms with Crippen LogP contribution in [0.3, 0.4) is 0 Å².